The number of aliphatic hydroxyl groups excluding tert-OH is 1. The summed E-state index contributed by atoms with van der Waals surface area (Å²) in [4.78, 5) is 12.2. The lowest BCUT2D eigenvalue weighted by atomic mass is 9.88. The molecule has 4 heteroatoms. The number of carbonyl (C=O) groups is 1. The van der Waals surface area contributed by atoms with Crippen LogP contribution in [0.3, 0.4) is 0 Å². The first kappa shape index (κ1) is 11.7. The van der Waals surface area contributed by atoms with Gasteiger partial charge in [-0.15, -0.1) is 0 Å². The Bertz CT molecular complexity index is 455. The van der Waals surface area contributed by atoms with E-state index in [4.69, 9.17) is 0 Å². The second-order valence-corrected chi connectivity index (χ2v) is 5.17. The van der Waals surface area contributed by atoms with Gasteiger partial charge in [0.15, 0.2) is 0 Å². The van der Waals surface area contributed by atoms with E-state index < -0.39 is 0 Å². The molecule has 1 aromatic carbocycles. The van der Waals surface area contributed by atoms with Crippen LogP contribution in [-0.4, -0.2) is 29.7 Å². The quantitative estimate of drug-likeness (QED) is 0.712. The van der Waals surface area contributed by atoms with Crippen LogP contribution in [0.15, 0.2) is 24.3 Å². The summed E-state index contributed by atoms with van der Waals surface area (Å²) in [5.74, 6) is 0.0269. The summed E-state index contributed by atoms with van der Waals surface area (Å²) in [6, 6.07) is 7.99. The molecule has 1 unspecified atom stereocenters. The van der Waals surface area contributed by atoms with Crippen molar-refractivity contribution in [2.75, 3.05) is 6.54 Å². The lowest BCUT2D eigenvalue weighted by Crippen LogP contribution is -2.51. The van der Waals surface area contributed by atoms with Crippen molar-refractivity contribution in [1.82, 2.24) is 10.6 Å². The molecule has 3 rings (SSSR count). The van der Waals surface area contributed by atoms with E-state index in [1.54, 1.807) is 0 Å². The molecule has 0 bridgehead atoms. The summed E-state index contributed by atoms with van der Waals surface area (Å²) >= 11 is 0. The zero-order valence-electron chi connectivity index (χ0n) is 10.2. The Labute approximate surface area is 106 Å². The predicted octanol–water partition coefficient (Wildman–Crippen LogP) is 0.513. The minimum atomic E-state index is -0.243. The highest BCUT2D eigenvalue weighted by Crippen LogP contribution is 2.25. The van der Waals surface area contributed by atoms with Crippen molar-refractivity contribution in [3.63, 3.8) is 0 Å². The van der Waals surface area contributed by atoms with Crippen LogP contribution in [0.5, 0.6) is 0 Å². The van der Waals surface area contributed by atoms with Crippen LogP contribution < -0.4 is 10.6 Å². The maximum atomic E-state index is 12.2. The van der Waals surface area contributed by atoms with Gasteiger partial charge in [-0.1, -0.05) is 24.3 Å². The third kappa shape index (κ3) is 2.13. The SMILES string of the molecule is O=C(NC1CC(O)C1)C1NCCc2ccccc21. The molecule has 4 nitrogen and oxygen atoms in total. The second-order valence-electron chi connectivity index (χ2n) is 5.17. The Hall–Kier alpha value is -1.39. The summed E-state index contributed by atoms with van der Waals surface area (Å²) in [6.07, 6.45) is 2.10. The molecule has 1 aromatic rings. The van der Waals surface area contributed by atoms with E-state index in [-0.39, 0.29) is 24.1 Å². The van der Waals surface area contributed by atoms with Gasteiger partial charge in [0.1, 0.15) is 6.04 Å². The van der Waals surface area contributed by atoms with E-state index in [2.05, 4.69) is 16.7 Å². The number of fused-ring (bicyclic) bond motifs is 1. The number of hydrogen-bond acceptors (Lipinski definition) is 3. The molecule has 1 heterocycles. The van der Waals surface area contributed by atoms with Gasteiger partial charge in [-0.25, -0.2) is 0 Å². The third-order valence-electron chi connectivity index (χ3n) is 3.83. The Kier molecular flexibility index (Phi) is 3.06. The van der Waals surface area contributed by atoms with Crippen LogP contribution in [0, 0.1) is 0 Å². The number of benzene rings is 1. The Balaban J connectivity index is 1.71. The van der Waals surface area contributed by atoms with Gasteiger partial charge < -0.3 is 15.7 Å². The first-order chi connectivity index (χ1) is 8.74. The maximum Gasteiger partial charge on any atom is 0.241 e. The minimum absolute atomic E-state index is 0.0269. The number of amides is 1. The number of aliphatic hydroxyl groups is 1. The van der Waals surface area contributed by atoms with Crippen LogP contribution >= 0.6 is 0 Å². The predicted molar refractivity (Wildman–Crippen MR) is 68.1 cm³/mol. The van der Waals surface area contributed by atoms with E-state index in [1.807, 2.05) is 18.2 Å². The van der Waals surface area contributed by atoms with Crippen molar-refractivity contribution in [3.05, 3.63) is 35.4 Å². The van der Waals surface area contributed by atoms with Gasteiger partial charge in [-0.05, 0) is 30.4 Å². The van der Waals surface area contributed by atoms with Gasteiger partial charge in [0.25, 0.3) is 0 Å². The van der Waals surface area contributed by atoms with Gasteiger partial charge in [0.2, 0.25) is 5.91 Å². The van der Waals surface area contributed by atoms with Crippen molar-refractivity contribution in [2.45, 2.75) is 37.5 Å². The van der Waals surface area contributed by atoms with Crippen LogP contribution in [-0.2, 0) is 11.2 Å². The normalized spacial score (nSPS) is 30.2. The summed E-state index contributed by atoms with van der Waals surface area (Å²) in [7, 11) is 0. The fourth-order valence-electron chi connectivity index (χ4n) is 2.73. The molecular weight excluding hydrogens is 228 g/mol. The maximum absolute atomic E-state index is 12.2. The van der Waals surface area contributed by atoms with Gasteiger partial charge >= 0.3 is 0 Å². The first-order valence-electron chi connectivity index (χ1n) is 6.53. The smallest absolute Gasteiger partial charge is 0.241 e. The molecule has 0 spiro atoms. The molecule has 3 N–H and O–H groups in total. The van der Waals surface area contributed by atoms with E-state index >= 15 is 0 Å². The Morgan fingerprint density at radius 2 is 2.11 bits per heavy atom. The first-order valence-corrected chi connectivity index (χ1v) is 6.53. The largest absolute Gasteiger partial charge is 0.393 e. The zero-order chi connectivity index (χ0) is 12.5. The van der Waals surface area contributed by atoms with Crippen molar-refractivity contribution in [2.24, 2.45) is 0 Å². The molecule has 1 atom stereocenters. The molecule has 2 aliphatic rings. The van der Waals surface area contributed by atoms with Crippen LogP contribution in [0.25, 0.3) is 0 Å². The van der Waals surface area contributed by atoms with Crippen LogP contribution in [0.1, 0.15) is 30.0 Å². The van der Waals surface area contributed by atoms with Crippen molar-refractivity contribution >= 4 is 5.91 Å². The van der Waals surface area contributed by atoms with Crippen molar-refractivity contribution in [3.8, 4) is 0 Å². The third-order valence-corrected chi connectivity index (χ3v) is 3.83. The lowest BCUT2D eigenvalue weighted by molar-refractivity contribution is -0.125. The molecule has 18 heavy (non-hydrogen) atoms. The summed E-state index contributed by atoms with van der Waals surface area (Å²) in [5.41, 5.74) is 2.34. The van der Waals surface area contributed by atoms with Crippen molar-refractivity contribution < 1.29 is 9.90 Å². The highest BCUT2D eigenvalue weighted by Gasteiger charge is 2.32. The molecule has 1 fully saturated rings. The highest BCUT2D eigenvalue weighted by atomic mass is 16.3. The average Bonchev–Trinajstić information content (AvgIpc) is 2.36. The summed E-state index contributed by atoms with van der Waals surface area (Å²) < 4.78 is 0. The number of rotatable bonds is 2. The van der Waals surface area contributed by atoms with E-state index in [0.717, 1.165) is 18.5 Å². The fraction of sp³-hybridized carbons (Fsp3) is 0.500. The minimum Gasteiger partial charge on any atom is -0.393 e. The number of hydrogen-bond donors (Lipinski definition) is 3. The lowest BCUT2D eigenvalue weighted by Gasteiger charge is -2.34. The fourth-order valence-corrected chi connectivity index (χ4v) is 2.73. The van der Waals surface area contributed by atoms with Gasteiger partial charge in [0.05, 0.1) is 6.10 Å². The standard InChI is InChI=1S/C14H18N2O2/c17-11-7-10(8-11)16-14(18)13-12-4-2-1-3-9(12)5-6-15-13/h1-4,10-11,13,15,17H,5-8H2,(H,16,18). The van der Waals surface area contributed by atoms with E-state index in [1.165, 1.54) is 5.56 Å². The summed E-state index contributed by atoms with van der Waals surface area (Å²) in [5, 5.41) is 15.5. The molecule has 0 radical (unpaired) electrons. The topological polar surface area (TPSA) is 61.4 Å². The number of carbonyl (C=O) groups excluding carboxylic acids is 1. The highest BCUT2D eigenvalue weighted by molar-refractivity contribution is 5.84. The second kappa shape index (κ2) is 4.71. The van der Waals surface area contributed by atoms with Gasteiger partial charge in [-0.3, -0.25) is 4.79 Å². The monoisotopic (exact) mass is 246 g/mol. The van der Waals surface area contributed by atoms with Gasteiger partial charge in [0, 0.05) is 12.6 Å². The molecule has 1 amide bonds. The van der Waals surface area contributed by atoms with Crippen LogP contribution in [0.4, 0.5) is 0 Å². The number of nitrogens with one attached hydrogen (secondary N) is 2. The molecule has 0 aromatic heterocycles. The van der Waals surface area contributed by atoms with Crippen molar-refractivity contribution in [1.29, 1.82) is 0 Å². The molecule has 1 saturated carbocycles. The zero-order valence-corrected chi connectivity index (χ0v) is 10.2. The summed E-state index contributed by atoms with van der Waals surface area (Å²) in [6.45, 7) is 0.836. The Morgan fingerprint density at radius 3 is 2.89 bits per heavy atom. The molecular formula is C14H18N2O2. The van der Waals surface area contributed by atoms with Gasteiger partial charge in [-0.2, -0.15) is 0 Å². The Morgan fingerprint density at radius 1 is 1.33 bits per heavy atom. The van der Waals surface area contributed by atoms with E-state index in [9.17, 15) is 9.90 Å². The molecule has 1 aliphatic carbocycles. The molecule has 0 saturated heterocycles. The molecule has 96 valence electrons. The van der Waals surface area contributed by atoms with Crippen LogP contribution in [0.2, 0.25) is 0 Å². The average molecular weight is 246 g/mol. The molecule has 1 aliphatic heterocycles. The van der Waals surface area contributed by atoms with E-state index in [0.29, 0.717) is 12.8 Å².